The van der Waals surface area contributed by atoms with Gasteiger partial charge in [-0.25, -0.2) is 0 Å². The molecule has 0 unspecified atom stereocenters. The van der Waals surface area contributed by atoms with Crippen LogP contribution in [0.2, 0.25) is 0 Å². The summed E-state index contributed by atoms with van der Waals surface area (Å²) in [4.78, 5) is 11.4. The Labute approximate surface area is 136 Å². The van der Waals surface area contributed by atoms with Crippen LogP contribution < -0.4 is 0 Å². The van der Waals surface area contributed by atoms with Crippen molar-refractivity contribution in [3.05, 3.63) is 59.7 Å². The summed E-state index contributed by atoms with van der Waals surface area (Å²) in [6.45, 7) is 2.06. The summed E-state index contributed by atoms with van der Waals surface area (Å²) in [6.07, 6.45) is -3.97. The summed E-state index contributed by atoms with van der Waals surface area (Å²) in [5.74, 6) is -7.64. The predicted molar refractivity (Wildman–Crippen MR) is 81.2 cm³/mol. The van der Waals surface area contributed by atoms with Crippen molar-refractivity contribution in [2.75, 3.05) is 0 Å². The molecule has 0 aliphatic rings. The Hall–Kier alpha value is -2.24. The lowest BCUT2D eigenvalue weighted by atomic mass is 9.99. The molecule has 0 N–H and O–H groups in total. The van der Waals surface area contributed by atoms with E-state index in [0.29, 0.717) is 5.56 Å². The SMILES string of the molecule is CCCc1ccc(-c2ccc(C(=O)C(F)(F)C(F)(F)F)cc2)cc1. The molecule has 2 aromatic carbocycles. The van der Waals surface area contributed by atoms with E-state index in [1.807, 2.05) is 24.3 Å². The largest absolute Gasteiger partial charge is 0.461 e. The number of benzene rings is 2. The number of aryl methyl sites for hydroxylation is 1. The van der Waals surface area contributed by atoms with Crippen LogP contribution >= 0.6 is 0 Å². The Morgan fingerprint density at radius 3 is 1.71 bits per heavy atom. The number of carbonyl (C=O) groups excluding carboxylic acids is 1. The van der Waals surface area contributed by atoms with E-state index in [2.05, 4.69) is 6.92 Å². The summed E-state index contributed by atoms with van der Waals surface area (Å²) in [5, 5.41) is 0. The zero-order valence-electron chi connectivity index (χ0n) is 12.8. The van der Waals surface area contributed by atoms with Crippen LogP contribution in [-0.4, -0.2) is 17.9 Å². The number of halogens is 5. The van der Waals surface area contributed by atoms with Crippen molar-refractivity contribution < 1.29 is 26.7 Å². The third kappa shape index (κ3) is 3.63. The minimum atomic E-state index is -5.90. The van der Waals surface area contributed by atoms with Gasteiger partial charge < -0.3 is 0 Å². The lowest BCUT2D eigenvalue weighted by Gasteiger charge is -2.18. The molecule has 0 saturated carbocycles. The number of rotatable bonds is 5. The van der Waals surface area contributed by atoms with Crippen LogP contribution in [0, 0.1) is 0 Å². The fraction of sp³-hybridized carbons (Fsp3) is 0.278. The average Bonchev–Trinajstić information content (AvgIpc) is 2.54. The Kier molecular flexibility index (Phi) is 5.06. The van der Waals surface area contributed by atoms with Crippen LogP contribution in [0.25, 0.3) is 11.1 Å². The summed E-state index contributed by atoms with van der Waals surface area (Å²) in [6, 6.07) is 12.2. The molecule has 0 aliphatic carbocycles. The van der Waals surface area contributed by atoms with Crippen molar-refractivity contribution in [1.29, 1.82) is 0 Å². The molecular formula is C18H15F5O. The van der Waals surface area contributed by atoms with Crippen LogP contribution in [0.5, 0.6) is 0 Å². The third-order valence-electron chi connectivity index (χ3n) is 3.61. The zero-order valence-corrected chi connectivity index (χ0v) is 12.8. The van der Waals surface area contributed by atoms with Crippen molar-refractivity contribution in [2.45, 2.75) is 31.9 Å². The highest BCUT2D eigenvalue weighted by Gasteiger charge is 2.63. The third-order valence-corrected chi connectivity index (χ3v) is 3.61. The minimum Gasteiger partial charge on any atom is -0.287 e. The van der Waals surface area contributed by atoms with E-state index in [4.69, 9.17) is 0 Å². The number of carbonyl (C=O) groups is 1. The van der Waals surface area contributed by atoms with Gasteiger partial charge in [0, 0.05) is 5.56 Å². The summed E-state index contributed by atoms with van der Waals surface area (Å²) < 4.78 is 62.9. The van der Waals surface area contributed by atoms with Crippen LogP contribution in [-0.2, 0) is 6.42 Å². The molecule has 0 fully saturated rings. The summed E-state index contributed by atoms with van der Waals surface area (Å²) in [5.41, 5.74) is 1.89. The van der Waals surface area contributed by atoms with Gasteiger partial charge >= 0.3 is 12.1 Å². The molecule has 0 bridgehead atoms. The second-order valence-corrected chi connectivity index (χ2v) is 5.43. The van der Waals surface area contributed by atoms with Gasteiger partial charge in [-0.05, 0) is 23.1 Å². The maximum absolute atomic E-state index is 13.1. The van der Waals surface area contributed by atoms with Crippen molar-refractivity contribution in [3.63, 3.8) is 0 Å². The molecule has 0 heterocycles. The Morgan fingerprint density at radius 1 is 0.833 bits per heavy atom. The van der Waals surface area contributed by atoms with Crippen molar-refractivity contribution in [2.24, 2.45) is 0 Å². The quantitative estimate of drug-likeness (QED) is 0.504. The molecule has 24 heavy (non-hydrogen) atoms. The van der Waals surface area contributed by atoms with Gasteiger partial charge in [0.15, 0.2) is 0 Å². The first-order valence-electron chi connectivity index (χ1n) is 7.35. The molecule has 0 aromatic heterocycles. The number of ketones is 1. The van der Waals surface area contributed by atoms with Crippen molar-refractivity contribution >= 4 is 5.78 Å². The highest BCUT2D eigenvalue weighted by molar-refractivity contribution is 6.02. The van der Waals surface area contributed by atoms with Gasteiger partial charge in [0.05, 0.1) is 0 Å². The molecule has 0 spiro atoms. The molecule has 0 saturated heterocycles. The van der Waals surface area contributed by atoms with Crippen molar-refractivity contribution in [1.82, 2.24) is 0 Å². The van der Waals surface area contributed by atoms with E-state index in [0.717, 1.165) is 36.1 Å². The Balaban J connectivity index is 2.23. The van der Waals surface area contributed by atoms with E-state index < -0.39 is 23.4 Å². The smallest absolute Gasteiger partial charge is 0.287 e. The number of hydrogen-bond acceptors (Lipinski definition) is 1. The molecule has 128 valence electrons. The van der Waals surface area contributed by atoms with Crippen LogP contribution in [0.15, 0.2) is 48.5 Å². The van der Waals surface area contributed by atoms with Crippen LogP contribution in [0.4, 0.5) is 22.0 Å². The molecule has 0 radical (unpaired) electrons. The first-order chi connectivity index (χ1) is 11.2. The van der Waals surface area contributed by atoms with Gasteiger partial charge in [-0.1, -0.05) is 61.9 Å². The van der Waals surface area contributed by atoms with Gasteiger partial charge in [0.1, 0.15) is 0 Å². The lowest BCUT2D eigenvalue weighted by Crippen LogP contribution is -2.44. The highest BCUT2D eigenvalue weighted by atomic mass is 19.4. The molecule has 2 aromatic rings. The minimum absolute atomic E-state index is 0.630. The second-order valence-electron chi connectivity index (χ2n) is 5.43. The fourth-order valence-electron chi connectivity index (χ4n) is 2.28. The maximum Gasteiger partial charge on any atom is 0.461 e. The maximum atomic E-state index is 13.1. The standard InChI is InChI=1S/C18H15F5O/c1-2-3-12-4-6-13(7-5-12)14-8-10-15(11-9-14)16(24)17(19,20)18(21,22)23/h4-11H,2-3H2,1H3. The molecule has 0 aliphatic heterocycles. The van der Waals surface area contributed by atoms with E-state index in [1.54, 1.807) is 0 Å². The number of alkyl halides is 5. The second kappa shape index (κ2) is 6.71. The van der Waals surface area contributed by atoms with E-state index in [-0.39, 0.29) is 0 Å². The summed E-state index contributed by atoms with van der Waals surface area (Å²) >= 11 is 0. The molecule has 0 amide bonds. The monoisotopic (exact) mass is 342 g/mol. The number of Topliss-reactive ketones (excluding diaryl/α,β-unsaturated/α-hetero) is 1. The number of hydrogen-bond donors (Lipinski definition) is 0. The van der Waals surface area contributed by atoms with Crippen LogP contribution in [0.1, 0.15) is 29.3 Å². The lowest BCUT2D eigenvalue weighted by molar-refractivity contribution is -0.255. The highest BCUT2D eigenvalue weighted by Crippen LogP contribution is 2.38. The van der Waals surface area contributed by atoms with Crippen molar-refractivity contribution in [3.8, 4) is 11.1 Å². The van der Waals surface area contributed by atoms with Crippen LogP contribution in [0.3, 0.4) is 0 Å². The topological polar surface area (TPSA) is 17.1 Å². The van der Waals surface area contributed by atoms with E-state index in [1.165, 1.54) is 12.1 Å². The first-order valence-corrected chi connectivity index (χ1v) is 7.35. The normalized spacial score (nSPS) is 12.2. The van der Waals surface area contributed by atoms with Gasteiger partial charge in [-0.2, -0.15) is 22.0 Å². The Bertz CT molecular complexity index is 700. The van der Waals surface area contributed by atoms with E-state index in [9.17, 15) is 26.7 Å². The fourth-order valence-corrected chi connectivity index (χ4v) is 2.28. The van der Waals surface area contributed by atoms with Gasteiger partial charge in [0.25, 0.3) is 0 Å². The molecular weight excluding hydrogens is 327 g/mol. The molecule has 0 atom stereocenters. The van der Waals surface area contributed by atoms with E-state index >= 15 is 0 Å². The molecule has 2 rings (SSSR count). The predicted octanol–water partition coefficient (Wildman–Crippen LogP) is 5.69. The van der Waals surface area contributed by atoms with Gasteiger partial charge in [-0.3, -0.25) is 4.79 Å². The molecule has 1 nitrogen and oxygen atoms in total. The average molecular weight is 342 g/mol. The van der Waals surface area contributed by atoms with Gasteiger partial charge in [0.2, 0.25) is 5.78 Å². The first kappa shape index (κ1) is 18.1. The zero-order chi connectivity index (χ0) is 18.0. The Morgan fingerprint density at radius 2 is 1.29 bits per heavy atom. The van der Waals surface area contributed by atoms with Gasteiger partial charge in [-0.15, -0.1) is 0 Å². The molecule has 6 heteroatoms. The summed E-state index contributed by atoms with van der Waals surface area (Å²) in [7, 11) is 0.